The third-order valence-electron chi connectivity index (χ3n) is 9.75. The highest BCUT2D eigenvalue weighted by Crippen LogP contribution is 2.49. The van der Waals surface area contributed by atoms with Crippen LogP contribution in [0, 0.1) is 58.7 Å². The van der Waals surface area contributed by atoms with Crippen LogP contribution in [0.25, 0.3) is 0 Å². The molecule has 0 saturated heterocycles. The molecule has 10 unspecified atom stereocenters. The van der Waals surface area contributed by atoms with Gasteiger partial charge in [-0.3, -0.25) is 0 Å². The highest BCUT2D eigenvalue weighted by atomic mass is 32.1. The molecule has 0 aromatic carbocycles. The smallest absolute Gasteiger partial charge is 0.00926 e. The maximum Gasteiger partial charge on any atom is -0.00926 e. The van der Waals surface area contributed by atoms with Crippen LogP contribution in [-0.4, -0.2) is 5.75 Å². The normalized spacial score (nSPS) is 47.0. The molecule has 168 valence electrons. The Morgan fingerprint density at radius 1 is 0.786 bits per heavy atom. The molecular weight excluding hydrogens is 356 g/mol. The zero-order chi connectivity index (χ0) is 21.6. The lowest BCUT2D eigenvalue weighted by atomic mass is 9.60. The van der Waals surface area contributed by atoms with E-state index in [9.17, 15) is 0 Å². The maximum absolute atomic E-state index is 4.71. The quantitative estimate of drug-likeness (QED) is 0.439. The summed E-state index contributed by atoms with van der Waals surface area (Å²) in [4.78, 5) is 0. The fraction of sp³-hybridized carbons (Fsp3) is 1.00. The van der Waals surface area contributed by atoms with E-state index in [1.54, 1.807) is 0 Å². The average Bonchev–Trinajstić information content (AvgIpc) is 2.64. The van der Waals surface area contributed by atoms with E-state index >= 15 is 0 Å². The van der Waals surface area contributed by atoms with E-state index in [0.717, 1.165) is 59.0 Å². The van der Waals surface area contributed by atoms with Crippen molar-refractivity contribution in [2.75, 3.05) is 5.75 Å². The molecule has 10 atom stereocenters. The molecule has 0 bridgehead atoms. The molecule has 0 radical (unpaired) electrons. The van der Waals surface area contributed by atoms with Gasteiger partial charge in [0.1, 0.15) is 0 Å². The van der Waals surface area contributed by atoms with E-state index in [1.165, 1.54) is 38.5 Å². The summed E-state index contributed by atoms with van der Waals surface area (Å²) in [6, 6.07) is 0. The van der Waals surface area contributed by atoms with Crippen LogP contribution in [-0.2, 0) is 0 Å². The van der Waals surface area contributed by atoms with Crippen molar-refractivity contribution in [3.05, 3.63) is 0 Å². The molecule has 0 aromatic heterocycles. The third-order valence-corrected chi connectivity index (χ3v) is 9.97. The van der Waals surface area contributed by atoms with Gasteiger partial charge in [-0.15, -0.1) is 0 Å². The molecule has 0 aromatic rings. The second-order valence-corrected chi connectivity index (χ2v) is 11.9. The molecule has 1 rings (SSSR count). The van der Waals surface area contributed by atoms with E-state index in [-0.39, 0.29) is 0 Å². The average molecular weight is 411 g/mol. The first-order valence-electron chi connectivity index (χ1n) is 12.6. The number of hydrogen-bond acceptors (Lipinski definition) is 1. The SMILES string of the molecule is CCC1CC(C)(CCS)C(C)C(C)C(C)CC(C)CC(C)C(C)C(C)C1CC. The van der Waals surface area contributed by atoms with E-state index < -0.39 is 0 Å². The van der Waals surface area contributed by atoms with Crippen molar-refractivity contribution in [1.29, 1.82) is 0 Å². The van der Waals surface area contributed by atoms with Crippen molar-refractivity contribution in [1.82, 2.24) is 0 Å². The Kier molecular flexibility index (Phi) is 11.0. The standard InChI is InChI=1S/C27H54S/c1-11-25-17-27(10,13-14-28)24(9)22(7)20(5)16-18(3)15-19(4)21(6)23(8)26(25)12-2/h18-26,28H,11-17H2,1-10H3. The zero-order valence-electron chi connectivity index (χ0n) is 21.1. The number of hydrogen-bond donors (Lipinski definition) is 1. The van der Waals surface area contributed by atoms with Gasteiger partial charge in [0, 0.05) is 0 Å². The first-order chi connectivity index (χ1) is 13.0. The minimum Gasteiger partial charge on any atom is -0.179 e. The van der Waals surface area contributed by atoms with Crippen LogP contribution in [0.4, 0.5) is 0 Å². The van der Waals surface area contributed by atoms with Crippen LogP contribution in [0.1, 0.15) is 108 Å². The van der Waals surface area contributed by atoms with E-state index in [2.05, 4.69) is 69.2 Å². The van der Waals surface area contributed by atoms with E-state index in [1.807, 2.05) is 0 Å². The summed E-state index contributed by atoms with van der Waals surface area (Å²) in [5.74, 6) is 8.41. The minimum atomic E-state index is 0.412. The molecule has 0 amide bonds. The van der Waals surface area contributed by atoms with Crippen molar-refractivity contribution in [3.63, 3.8) is 0 Å². The molecule has 0 heterocycles. The van der Waals surface area contributed by atoms with Crippen molar-refractivity contribution < 1.29 is 0 Å². The number of rotatable bonds is 4. The Balaban J connectivity index is 3.35. The van der Waals surface area contributed by atoms with Crippen LogP contribution < -0.4 is 0 Å². The van der Waals surface area contributed by atoms with Gasteiger partial charge in [0.05, 0.1) is 0 Å². The van der Waals surface area contributed by atoms with Gasteiger partial charge in [0.25, 0.3) is 0 Å². The molecule has 1 aliphatic rings. The summed E-state index contributed by atoms with van der Waals surface area (Å²) in [5.41, 5.74) is 0.412. The van der Waals surface area contributed by atoms with Gasteiger partial charge in [-0.2, -0.15) is 12.6 Å². The molecule has 1 heteroatoms. The highest BCUT2D eigenvalue weighted by Gasteiger charge is 2.41. The lowest BCUT2D eigenvalue weighted by Crippen LogP contribution is -2.37. The molecule has 0 spiro atoms. The predicted molar refractivity (Wildman–Crippen MR) is 132 cm³/mol. The first-order valence-corrected chi connectivity index (χ1v) is 13.3. The van der Waals surface area contributed by atoms with Crippen molar-refractivity contribution >= 4 is 12.6 Å². The first kappa shape index (κ1) is 26.4. The van der Waals surface area contributed by atoms with Gasteiger partial charge in [0.15, 0.2) is 0 Å². The summed E-state index contributed by atoms with van der Waals surface area (Å²) in [6.45, 7) is 25.3. The zero-order valence-corrected chi connectivity index (χ0v) is 22.0. The van der Waals surface area contributed by atoms with Gasteiger partial charge in [-0.25, -0.2) is 0 Å². The molecule has 0 nitrogen and oxygen atoms in total. The summed E-state index contributed by atoms with van der Waals surface area (Å²) in [6.07, 6.45) is 8.11. The Labute approximate surface area is 184 Å². The van der Waals surface area contributed by atoms with Gasteiger partial charge >= 0.3 is 0 Å². The topological polar surface area (TPSA) is 0 Å². The summed E-state index contributed by atoms with van der Waals surface area (Å²) in [7, 11) is 0. The molecule has 0 N–H and O–H groups in total. The van der Waals surface area contributed by atoms with Crippen LogP contribution in [0.15, 0.2) is 0 Å². The third kappa shape index (κ3) is 6.42. The second-order valence-electron chi connectivity index (χ2n) is 11.5. The van der Waals surface area contributed by atoms with E-state index in [0.29, 0.717) is 5.41 Å². The second kappa shape index (κ2) is 11.7. The minimum absolute atomic E-state index is 0.412. The van der Waals surface area contributed by atoms with Gasteiger partial charge in [-0.1, -0.05) is 82.1 Å². The monoisotopic (exact) mass is 410 g/mol. The fourth-order valence-corrected chi connectivity index (χ4v) is 7.44. The summed E-state index contributed by atoms with van der Waals surface area (Å²) >= 11 is 4.71. The molecular formula is C27H54S. The maximum atomic E-state index is 4.71. The van der Waals surface area contributed by atoms with Gasteiger partial charge < -0.3 is 0 Å². The Morgan fingerprint density at radius 3 is 1.79 bits per heavy atom. The van der Waals surface area contributed by atoms with Gasteiger partial charge in [-0.05, 0) is 90.1 Å². The molecule has 0 aliphatic heterocycles. The lowest BCUT2D eigenvalue weighted by molar-refractivity contribution is 0.0451. The molecule has 1 saturated carbocycles. The Morgan fingerprint density at radius 2 is 1.32 bits per heavy atom. The lowest BCUT2D eigenvalue weighted by Gasteiger charge is -2.45. The largest absolute Gasteiger partial charge is 0.179 e. The van der Waals surface area contributed by atoms with Crippen molar-refractivity contribution in [3.8, 4) is 0 Å². The van der Waals surface area contributed by atoms with Crippen LogP contribution in [0.5, 0.6) is 0 Å². The molecule has 28 heavy (non-hydrogen) atoms. The van der Waals surface area contributed by atoms with Gasteiger partial charge in [0.2, 0.25) is 0 Å². The number of thiol groups is 1. The van der Waals surface area contributed by atoms with Crippen LogP contribution >= 0.6 is 12.6 Å². The summed E-state index contributed by atoms with van der Waals surface area (Å²) in [5, 5.41) is 0. The predicted octanol–water partition coefficient (Wildman–Crippen LogP) is 9.00. The fourth-order valence-electron chi connectivity index (χ4n) is 6.93. The van der Waals surface area contributed by atoms with Crippen LogP contribution in [0.3, 0.4) is 0 Å². The Hall–Kier alpha value is 0.350. The van der Waals surface area contributed by atoms with Crippen molar-refractivity contribution in [2.24, 2.45) is 58.7 Å². The van der Waals surface area contributed by atoms with E-state index in [4.69, 9.17) is 12.6 Å². The highest BCUT2D eigenvalue weighted by molar-refractivity contribution is 7.80. The Bertz CT molecular complexity index is 432. The molecule has 1 aliphatic carbocycles. The van der Waals surface area contributed by atoms with Crippen molar-refractivity contribution in [2.45, 2.75) is 108 Å². The van der Waals surface area contributed by atoms with Crippen LogP contribution in [0.2, 0.25) is 0 Å². The molecule has 1 fully saturated rings. The summed E-state index contributed by atoms with van der Waals surface area (Å²) < 4.78 is 0.